The van der Waals surface area contributed by atoms with E-state index in [2.05, 4.69) is 42.6 Å². The fourth-order valence-corrected chi connectivity index (χ4v) is 6.37. The van der Waals surface area contributed by atoms with Crippen molar-refractivity contribution in [3.05, 3.63) is 35.9 Å². The van der Waals surface area contributed by atoms with Crippen LogP contribution >= 0.6 is 0 Å². The van der Waals surface area contributed by atoms with Crippen LogP contribution in [0.15, 0.2) is 30.3 Å². The molecular weight excluding hydrogens is 466 g/mol. The summed E-state index contributed by atoms with van der Waals surface area (Å²) in [4.78, 5) is 43.4. The van der Waals surface area contributed by atoms with Crippen molar-refractivity contribution in [3.63, 3.8) is 0 Å². The molecule has 1 aliphatic carbocycles. The van der Waals surface area contributed by atoms with E-state index in [1.165, 1.54) is 5.56 Å². The number of hydrogen-bond donors (Lipinski definition) is 1. The normalized spacial score (nSPS) is 28.8. The Bertz CT molecular complexity index is 936. The summed E-state index contributed by atoms with van der Waals surface area (Å²) in [5.74, 6) is 1.08. The third kappa shape index (κ3) is 7.48. The number of nitrogens with zero attached hydrogens (tertiary/aromatic N) is 2. The molecule has 7 heteroatoms. The topological polar surface area (TPSA) is 79.0 Å². The van der Waals surface area contributed by atoms with E-state index in [9.17, 15) is 14.4 Å². The number of benzene rings is 1. The molecule has 3 amide bonds. The summed E-state index contributed by atoms with van der Waals surface area (Å²) in [6, 6.07) is 10.1. The summed E-state index contributed by atoms with van der Waals surface area (Å²) >= 11 is 0. The minimum absolute atomic E-state index is 0.0974. The Morgan fingerprint density at radius 2 is 1.65 bits per heavy atom. The number of alkyl carbamates (subject to hydrolysis) is 1. The number of nitrogens with one attached hydrogen (secondary N) is 1. The number of amides is 3. The molecular formula is C30H45N3O4. The quantitative estimate of drug-likeness (QED) is 0.608. The van der Waals surface area contributed by atoms with Crippen LogP contribution in [-0.2, 0) is 20.7 Å². The van der Waals surface area contributed by atoms with E-state index < -0.39 is 17.7 Å². The summed E-state index contributed by atoms with van der Waals surface area (Å²) < 4.78 is 5.44. The van der Waals surface area contributed by atoms with Crippen molar-refractivity contribution in [3.8, 4) is 0 Å². The predicted octanol–water partition coefficient (Wildman–Crippen LogP) is 4.93. The lowest BCUT2D eigenvalue weighted by Gasteiger charge is -2.39. The van der Waals surface area contributed by atoms with Gasteiger partial charge >= 0.3 is 6.09 Å². The summed E-state index contributed by atoms with van der Waals surface area (Å²) in [6.45, 7) is 8.30. The van der Waals surface area contributed by atoms with Crippen LogP contribution < -0.4 is 5.32 Å². The van der Waals surface area contributed by atoms with Gasteiger partial charge in [-0.2, -0.15) is 0 Å². The molecule has 3 unspecified atom stereocenters. The van der Waals surface area contributed by atoms with E-state index in [0.717, 1.165) is 51.4 Å². The van der Waals surface area contributed by atoms with Gasteiger partial charge in [-0.3, -0.25) is 9.59 Å². The average Bonchev–Trinajstić information content (AvgIpc) is 3.20. The van der Waals surface area contributed by atoms with Gasteiger partial charge in [0, 0.05) is 25.0 Å². The summed E-state index contributed by atoms with van der Waals surface area (Å²) in [7, 11) is 0. The monoisotopic (exact) mass is 511 g/mol. The first-order chi connectivity index (χ1) is 17.6. The van der Waals surface area contributed by atoms with Crippen LogP contribution in [0.25, 0.3) is 0 Å². The number of hydrogen-bond acceptors (Lipinski definition) is 4. The maximum atomic E-state index is 13.6. The molecule has 1 aromatic rings. The molecule has 2 heterocycles. The van der Waals surface area contributed by atoms with Crippen LogP contribution in [0.3, 0.4) is 0 Å². The number of carbonyl (C=O) groups excluding carboxylic acids is 3. The van der Waals surface area contributed by atoms with E-state index in [1.807, 2.05) is 9.80 Å². The van der Waals surface area contributed by atoms with Crippen molar-refractivity contribution in [2.75, 3.05) is 13.1 Å². The fourth-order valence-electron chi connectivity index (χ4n) is 6.37. The highest BCUT2D eigenvalue weighted by molar-refractivity contribution is 5.88. The molecule has 37 heavy (non-hydrogen) atoms. The maximum absolute atomic E-state index is 13.6. The number of rotatable bonds is 5. The van der Waals surface area contributed by atoms with Gasteiger partial charge in [-0.05, 0) is 96.5 Å². The molecule has 1 N–H and O–H groups in total. The van der Waals surface area contributed by atoms with Gasteiger partial charge in [-0.15, -0.1) is 0 Å². The Hall–Kier alpha value is -2.57. The summed E-state index contributed by atoms with van der Waals surface area (Å²) in [5.41, 5.74) is 0.735. The number of fused-ring (bicyclic) bond motifs is 1. The minimum Gasteiger partial charge on any atom is -0.444 e. The molecule has 4 rings (SSSR count). The zero-order chi connectivity index (χ0) is 26.6. The Balaban J connectivity index is 1.36. The Morgan fingerprint density at radius 1 is 0.973 bits per heavy atom. The Kier molecular flexibility index (Phi) is 8.81. The van der Waals surface area contributed by atoms with Gasteiger partial charge in [0.25, 0.3) is 0 Å². The zero-order valence-corrected chi connectivity index (χ0v) is 23.1. The molecule has 2 saturated heterocycles. The molecule has 2 aliphatic heterocycles. The second-order valence-electron chi connectivity index (χ2n) is 12.4. The van der Waals surface area contributed by atoms with Crippen LogP contribution in [-0.4, -0.2) is 64.5 Å². The van der Waals surface area contributed by atoms with Crippen molar-refractivity contribution in [1.29, 1.82) is 0 Å². The van der Waals surface area contributed by atoms with Crippen molar-refractivity contribution < 1.29 is 19.1 Å². The predicted molar refractivity (Wildman–Crippen MR) is 144 cm³/mol. The van der Waals surface area contributed by atoms with E-state index in [4.69, 9.17) is 4.74 Å². The second kappa shape index (κ2) is 11.9. The maximum Gasteiger partial charge on any atom is 0.408 e. The first-order valence-electron chi connectivity index (χ1n) is 14.2. The molecule has 0 radical (unpaired) electrons. The van der Waals surface area contributed by atoms with Gasteiger partial charge in [-0.1, -0.05) is 30.3 Å². The van der Waals surface area contributed by atoms with E-state index >= 15 is 0 Å². The van der Waals surface area contributed by atoms with Gasteiger partial charge < -0.3 is 19.9 Å². The van der Waals surface area contributed by atoms with Crippen LogP contribution in [0.1, 0.15) is 84.6 Å². The van der Waals surface area contributed by atoms with Gasteiger partial charge in [0.15, 0.2) is 0 Å². The Morgan fingerprint density at radius 3 is 2.32 bits per heavy atom. The SMILES string of the molecule is CC1CCC2CCN(C(=O)CC3CCC(Cc4ccccc4)CC3)CC(NC(=O)OC(C)(C)C)C(=O)N12. The Labute approximate surface area is 222 Å². The highest BCUT2D eigenvalue weighted by atomic mass is 16.6. The molecule has 7 nitrogen and oxygen atoms in total. The molecule has 3 fully saturated rings. The molecule has 3 aliphatic rings. The van der Waals surface area contributed by atoms with Gasteiger partial charge in [-0.25, -0.2) is 4.79 Å². The van der Waals surface area contributed by atoms with Crippen LogP contribution in [0.2, 0.25) is 0 Å². The first kappa shape index (κ1) is 27.5. The highest BCUT2D eigenvalue weighted by Gasteiger charge is 2.41. The first-order valence-corrected chi connectivity index (χ1v) is 14.2. The lowest BCUT2D eigenvalue weighted by atomic mass is 9.78. The second-order valence-corrected chi connectivity index (χ2v) is 12.4. The van der Waals surface area contributed by atoms with Gasteiger partial charge in [0.05, 0.1) is 6.54 Å². The molecule has 3 atom stereocenters. The van der Waals surface area contributed by atoms with E-state index in [1.54, 1.807) is 20.8 Å². The molecule has 1 saturated carbocycles. The van der Waals surface area contributed by atoms with Crippen molar-refractivity contribution in [2.45, 2.75) is 109 Å². The van der Waals surface area contributed by atoms with Crippen molar-refractivity contribution in [1.82, 2.24) is 15.1 Å². The standard InChI is InChI=1S/C30H45N3O4/c1-21-10-15-25-16-17-32(20-26(28(35)33(21)25)31-29(36)37-30(2,3)4)27(34)19-24-13-11-23(12-14-24)18-22-8-6-5-7-9-22/h5-9,21,23-26H,10-20H2,1-4H3,(H,31,36). The van der Waals surface area contributed by atoms with Crippen LogP contribution in [0, 0.1) is 11.8 Å². The largest absolute Gasteiger partial charge is 0.444 e. The lowest BCUT2D eigenvalue weighted by molar-refractivity contribution is -0.141. The van der Waals surface area contributed by atoms with Gasteiger partial charge in [0.1, 0.15) is 11.6 Å². The number of ether oxygens (including phenoxy) is 1. The molecule has 1 aromatic carbocycles. The minimum atomic E-state index is -0.788. The molecule has 0 aromatic heterocycles. The highest BCUT2D eigenvalue weighted by Crippen LogP contribution is 2.34. The number of carbonyl (C=O) groups is 3. The summed E-state index contributed by atoms with van der Waals surface area (Å²) in [5, 5.41) is 2.80. The van der Waals surface area contributed by atoms with Crippen LogP contribution in [0.5, 0.6) is 0 Å². The fraction of sp³-hybridized carbons (Fsp3) is 0.700. The van der Waals surface area contributed by atoms with Gasteiger partial charge in [0.2, 0.25) is 11.8 Å². The lowest BCUT2D eigenvalue weighted by Crippen LogP contribution is -2.59. The third-order valence-corrected chi connectivity index (χ3v) is 8.31. The van der Waals surface area contributed by atoms with E-state index in [0.29, 0.717) is 24.8 Å². The molecule has 0 bridgehead atoms. The average molecular weight is 512 g/mol. The molecule has 0 spiro atoms. The van der Waals surface area contributed by atoms with Crippen LogP contribution in [0.4, 0.5) is 4.79 Å². The van der Waals surface area contributed by atoms with Crippen molar-refractivity contribution in [2.24, 2.45) is 11.8 Å². The zero-order valence-electron chi connectivity index (χ0n) is 23.1. The smallest absolute Gasteiger partial charge is 0.408 e. The van der Waals surface area contributed by atoms with E-state index in [-0.39, 0.29) is 30.4 Å². The third-order valence-electron chi connectivity index (χ3n) is 8.31. The molecule has 204 valence electrons. The van der Waals surface area contributed by atoms with Crippen molar-refractivity contribution >= 4 is 17.9 Å². The summed E-state index contributed by atoms with van der Waals surface area (Å²) in [6.07, 6.45) is 8.18.